The molecule has 0 fully saturated rings. The summed E-state index contributed by atoms with van der Waals surface area (Å²) in [7, 11) is 0. The summed E-state index contributed by atoms with van der Waals surface area (Å²) in [6.45, 7) is -0.120. The van der Waals surface area contributed by atoms with Gasteiger partial charge in [-0.2, -0.15) is 26.3 Å². The van der Waals surface area contributed by atoms with Crippen molar-refractivity contribution in [1.29, 1.82) is 0 Å². The van der Waals surface area contributed by atoms with E-state index in [9.17, 15) is 31.1 Å². The van der Waals surface area contributed by atoms with Crippen LogP contribution >= 0.6 is 22.9 Å². The molecule has 3 nitrogen and oxygen atoms in total. The average Bonchev–Trinajstić information content (AvgIpc) is 3.19. The normalized spacial score (nSPS) is 12.2. The van der Waals surface area contributed by atoms with Crippen LogP contribution in [0.5, 0.6) is 0 Å². The van der Waals surface area contributed by atoms with Gasteiger partial charge < -0.3 is 0 Å². The predicted octanol–water partition coefficient (Wildman–Crippen LogP) is 7.83. The summed E-state index contributed by atoms with van der Waals surface area (Å²) in [4.78, 5) is 18.8. The van der Waals surface area contributed by atoms with Crippen molar-refractivity contribution in [2.75, 3.05) is 4.90 Å². The van der Waals surface area contributed by atoms with Gasteiger partial charge in [-0.1, -0.05) is 53.3 Å². The molecule has 1 aromatic heterocycles. The van der Waals surface area contributed by atoms with Gasteiger partial charge in [0, 0.05) is 10.6 Å². The van der Waals surface area contributed by atoms with E-state index < -0.39 is 35.0 Å². The van der Waals surface area contributed by atoms with Crippen LogP contribution < -0.4 is 4.90 Å². The van der Waals surface area contributed by atoms with Gasteiger partial charge in [-0.3, -0.25) is 9.69 Å². The number of thiazole rings is 1. The van der Waals surface area contributed by atoms with E-state index in [4.69, 9.17) is 11.6 Å². The van der Waals surface area contributed by atoms with E-state index in [0.717, 1.165) is 16.2 Å². The lowest BCUT2D eigenvalue weighted by atomic mass is 10.0. The molecule has 0 radical (unpaired) electrons. The first-order valence-corrected chi connectivity index (χ1v) is 10.8. The molecule has 1 heterocycles. The maximum absolute atomic E-state index is 13.4. The minimum atomic E-state index is -5.08. The van der Waals surface area contributed by atoms with Gasteiger partial charge in [0.15, 0.2) is 5.13 Å². The first-order chi connectivity index (χ1) is 15.9. The zero-order chi connectivity index (χ0) is 24.7. The fourth-order valence-corrected chi connectivity index (χ4v) is 4.47. The van der Waals surface area contributed by atoms with E-state index in [1.807, 2.05) is 0 Å². The summed E-state index contributed by atoms with van der Waals surface area (Å²) in [6.07, 6.45) is -10.2. The van der Waals surface area contributed by atoms with E-state index >= 15 is 0 Å². The molecule has 34 heavy (non-hydrogen) atoms. The lowest BCUT2D eigenvalue weighted by Crippen LogP contribution is -2.31. The van der Waals surface area contributed by atoms with Crippen molar-refractivity contribution in [1.82, 2.24) is 4.98 Å². The molecular weight excluding hydrogens is 502 g/mol. The molecule has 3 aromatic carbocycles. The molecule has 0 aliphatic heterocycles. The number of benzene rings is 3. The summed E-state index contributed by atoms with van der Waals surface area (Å²) in [5, 5.41) is 0.522. The lowest BCUT2D eigenvalue weighted by Gasteiger charge is -2.21. The Morgan fingerprint density at radius 2 is 1.50 bits per heavy atom. The van der Waals surface area contributed by atoms with Crippen molar-refractivity contribution >= 4 is 44.2 Å². The number of fused-ring (bicyclic) bond motifs is 1. The van der Waals surface area contributed by atoms with Crippen LogP contribution in [-0.4, -0.2) is 10.9 Å². The summed E-state index contributed by atoms with van der Waals surface area (Å²) >= 11 is 7.05. The van der Waals surface area contributed by atoms with Crippen LogP contribution in [0.2, 0.25) is 5.02 Å². The summed E-state index contributed by atoms with van der Waals surface area (Å²) in [5.74, 6) is -1.05. The van der Waals surface area contributed by atoms with Crippen LogP contribution in [0.1, 0.15) is 27.0 Å². The molecule has 4 rings (SSSR count). The number of aromatic nitrogens is 1. The second-order valence-corrected chi connectivity index (χ2v) is 8.73. The number of hydrogen-bond acceptors (Lipinski definition) is 3. The minimum Gasteiger partial charge on any atom is -0.279 e. The number of carbonyl (C=O) groups is 1. The third-order valence-corrected chi connectivity index (χ3v) is 6.11. The first kappa shape index (κ1) is 24.0. The summed E-state index contributed by atoms with van der Waals surface area (Å²) in [6, 6.07) is 14.1. The summed E-state index contributed by atoms with van der Waals surface area (Å²) in [5.41, 5.74) is -2.80. The molecule has 0 spiro atoms. The monoisotopic (exact) mass is 514 g/mol. The number of anilines is 1. The fourth-order valence-electron chi connectivity index (χ4n) is 3.23. The third kappa shape index (κ3) is 5.18. The van der Waals surface area contributed by atoms with Gasteiger partial charge in [0.05, 0.1) is 27.9 Å². The molecule has 0 aliphatic rings. The topological polar surface area (TPSA) is 33.2 Å². The van der Waals surface area contributed by atoms with Crippen molar-refractivity contribution in [2.45, 2.75) is 18.9 Å². The minimum absolute atomic E-state index is 0.0159. The van der Waals surface area contributed by atoms with Gasteiger partial charge in [-0.25, -0.2) is 4.98 Å². The summed E-state index contributed by atoms with van der Waals surface area (Å²) < 4.78 is 80.6. The van der Waals surface area contributed by atoms with Gasteiger partial charge >= 0.3 is 12.4 Å². The number of hydrogen-bond donors (Lipinski definition) is 0. The zero-order valence-corrected chi connectivity index (χ0v) is 18.5. The number of halogens is 7. The van der Waals surface area contributed by atoms with Crippen molar-refractivity contribution < 1.29 is 31.1 Å². The molecule has 0 saturated heterocycles. The van der Waals surface area contributed by atoms with E-state index in [1.54, 1.807) is 48.5 Å². The predicted molar refractivity (Wildman–Crippen MR) is 118 cm³/mol. The molecular formula is C23H13ClF6N2OS. The Bertz CT molecular complexity index is 1320. The van der Waals surface area contributed by atoms with Crippen molar-refractivity contribution in [3.63, 3.8) is 0 Å². The van der Waals surface area contributed by atoms with Gasteiger partial charge in [-0.15, -0.1) is 0 Å². The standard InChI is InChI=1S/C23H13ClF6N2OS/c24-17-6-7-18-19(11-17)34-21(31-18)32(12-13-4-2-1-3-5-13)20(33)14-8-15(22(25,26)27)10-16(9-14)23(28,29)30/h1-11H,12H2. The number of rotatable bonds is 4. The van der Waals surface area contributed by atoms with E-state index in [1.165, 1.54) is 0 Å². The number of nitrogens with zero attached hydrogens (tertiary/aromatic N) is 2. The van der Waals surface area contributed by atoms with Crippen molar-refractivity contribution in [3.05, 3.63) is 94.0 Å². The van der Waals surface area contributed by atoms with Crippen LogP contribution in [0.4, 0.5) is 31.5 Å². The molecule has 0 unspecified atom stereocenters. The Kier molecular flexibility index (Phi) is 6.30. The van der Waals surface area contributed by atoms with Crippen LogP contribution in [0.15, 0.2) is 66.7 Å². The maximum Gasteiger partial charge on any atom is 0.416 e. The second kappa shape index (κ2) is 8.92. The molecule has 1 amide bonds. The second-order valence-electron chi connectivity index (χ2n) is 7.28. The van der Waals surface area contributed by atoms with E-state index in [0.29, 0.717) is 32.9 Å². The highest BCUT2D eigenvalue weighted by atomic mass is 35.5. The SMILES string of the molecule is O=C(c1cc(C(F)(F)F)cc(C(F)(F)F)c1)N(Cc1ccccc1)c1nc2ccc(Cl)cc2s1. The fraction of sp³-hybridized carbons (Fsp3) is 0.130. The number of alkyl halides is 6. The van der Waals surface area contributed by atoms with Crippen LogP contribution in [0.25, 0.3) is 10.2 Å². The van der Waals surface area contributed by atoms with Gasteiger partial charge in [0.1, 0.15) is 0 Å². The Morgan fingerprint density at radius 1 is 0.882 bits per heavy atom. The van der Waals surface area contributed by atoms with E-state index in [2.05, 4.69) is 4.98 Å². The smallest absolute Gasteiger partial charge is 0.279 e. The Hall–Kier alpha value is -3.11. The molecule has 11 heteroatoms. The number of amides is 1. The van der Waals surface area contributed by atoms with E-state index in [-0.39, 0.29) is 17.7 Å². The highest BCUT2D eigenvalue weighted by Gasteiger charge is 2.38. The lowest BCUT2D eigenvalue weighted by molar-refractivity contribution is -0.143. The third-order valence-electron chi connectivity index (χ3n) is 4.83. The number of carbonyl (C=O) groups excluding carboxylic acids is 1. The van der Waals surface area contributed by atoms with Crippen LogP contribution in [-0.2, 0) is 18.9 Å². The molecule has 0 saturated carbocycles. The zero-order valence-electron chi connectivity index (χ0n) is 16.9. The Labute approximate surface area is 198 Å². The van der Waals surface area contributed by atoms with Gasteiger partial charge in [0.25, 0.3) is 5.91 Å². The van der Waals surface area contributed by atoms with Crippen LogP contribution in [0.3, 0.4) is 0 Å². The highest BCUT2D eigenvalue weighted by molar-refractivity contribution is 7.22. The Morgan fingerprint density at radius 3 is 2.09 bits per heavy atom. The van der Waals surface area contributed by atoms with Gasteiger partial charge in [-0.05, 0) is 42.0 Å². The first-order valence-electron chi connectivity index (χ1n) is 9.63. The highest BCUT2D eigenvalue weighted by Crippen LogP contribution is 2.38. The molecule has 4 aromatic rings. The molecule has 0 atom stereocenters. The average molecular weight is 515 g/mol. The van der Waals surface area contributed by atoms with Crippen molar-refractivity contribution in [2.24, 2.45) is 0 Å². The maximum atomic E-state index is 13.4. The van der Waals surface area contributed by atoms with Crippen LogP contribution in [0, 0.1) is 0 Å². The molecule has 0 aliphatic carbocycles. The molecule has 0 bridgehead atoms. The quantitative estimate of drug-likeness (QED) is 0.260. The Balaban J connectivity index is 1.85. The van der Waals surface area contributed by atoms with Crippen molar-refractivity contribution in [3.8, 4) is 0 Å². The molecule has 176 valence electrons. The van der Waals surface area contributed by atoms with Gasteiger partial charge in [0.2, 0.25) is 0 Å². The largest absolute Gasteiger partial charge is 0.416 e. The molecule has 0 N–H and O–H groups in total.